The SMILES string of the molecule is COc1cc2c(Oc3ccc(NC(=O)c4nn(CCCN5CCCCC5)cc4[N+](=O)[O-])cc3F)ccnc2cc1OCC1CCNCC1. The first kappa shape index (κ1) is 33.1. The van der Waals surface area contributed by atoms with Gasteiger partial charge in [0, 0.05) is 35.9 Å². The van der Waals surface area contributed by atoms with Gasteiger partial charge in [0.05, 0.1) is 24.2 Å². The molecule has 13 nitrogen and oxygen atoms in total. The van der Waals surface area contributed by atoms with E-state index in [-0.39, 0.29) is 17.1 Å². The Kier molecular flexibility index (Phi) is 10.6. The van der Waals surface area contributed by atoms with Crippen LogP contribution in [-0.2, 0) is 6.54 Å². The molecule has 2 fully saturated rings. The first-order valence-corrected chi connectivity index (χ1v) is 16.4. The maximum absolute atomic E-state index is 15.3. The summed E-state index contributed by atoms with van der Waals surface area (Å²) in [7, 11) is 1.55. The Morgan fingerprint density at radius 2 is 1.88 bits per heavy atom. The van der Waals surface area contributed by atoms with Crippen LogP contribution in [-0.4, -0.2) is 76.9 Å². The molecule has 0 radical (unpaired) electrons. The van der Waals surface area contributed by atoms with Gasteiger partial charge < -0.3 is 29.7 Å². The second-order valence-electron chi connectivity index (χ2n) is 12.2. The van der Waals surface area contributed by atoms with Gasteiger partial charge in [0.15, 0.2) is 23.1 Å². The Hall–Kier alpha value is -4.82. The number of pyridine rings is 1. The Morgan fingerprint density at radius 3 is 2.62 bits per heavy atom. The third-order valence-electron chi connectivity index (χ3n) is 8.79. The summed E-state index contributed by atoms with van der Waals surface area (Å²) in [5, 5.41) is 22.4. The van der Waals surface area contributed by atoms with Crippen molar-refractivity contribution in [3.05, 3.63) is 70.4 Å². The molecule has 4 aromatic rings. The summed E-state index contributed by atoms with van der Waals surface area (Å²) in [4.78, 5) is 30.9. The fourth-order valence-electron chi connectivity index (χ4n) is 6.18. The van der Waals surface area contributed by atoms with E-state index in [1.807, 2.05) is 0 Å². The van der Waals surface area contributed by atoms with Gasteiger partial charge in [-0.25, -0.2) is 4.39 Å². The number of ether oxygens (including phenoxy) is 3. The summed E-state index contributed by atoms with van der Waals surface area (Å²) in [6, 6.07) is 9.07. The lowest BCUT2D eigenvalue weighted by molar-refractivity contribution is -0.385. The summed E-state index contributed by atoms with van der Waals surface area (Å²) >= 11 is 0. The first-order valence-electron chi connectivity index (χ1n) is 16.4. The highest BCUT2D eigenvalue weighted by atomic mass is 19.1. The van der Waals surface area contributed by atoms with Gasteiger partial charge in [0.25, 0.3) is 5.91 Å². The van der Waals surface area contributed by atoms with Crippen LogP contribution in [0.5, 0.6) is 23.0 Å². The number of fused-ring (bicyclic) bond motifs is 1. The van der Waals surface area contributed by atoms with Crippen molar-refractivity contribution in [2.75, 3.05) is 51.8 Å². The molecule has 0 atom stereocenters. The first-order chi connectivity index (χ1) is 23.4. The van der Waals surface area contributed by atoms with Gasteiger partial charge in [-0.1, -0.05) is 6.42 Å². The van der Waals surface area contributed by atoms with E-state index >= 15 is 4.39 Å². The largest absolute Gasteiger partial charge is 0.493 e. The van der Waals surface area contributed by atoms with Crippen molar-refractivity contribution in [1.29, 1.82) is 0 Å². The van der Waals surface area contributed by atoms with E-state index in [2.05, 4.69) is 25.6 Å². The number of carbonyl (C=O) groups is 1. The van der Waals surface area contributed by atoms with Gasteiger partial charge in [-0.05, 0) is 95.0 Å². The fourth-order valence-corrected chi connectivity index (χ4v) is 6.18. The number of hydrogen-bond acceptors (Lipinski definition) is 10. The minimum atomic E-state index is -0.810. The highest BCUT2D eigenvalue weighted by molar-refractivity contribution is 6.05. The predicted molar refractivity (Wildman–Crippen MR) is 178 cm³/mol. The lowest BCUT2D eigenvalue weighted by Crippen LogP contribution is -2.31. The number of hydrogen-bond donors (Lipinski definition) is 2. The molecule has 48 heavy (non-hydrogen) atoms. The molecule has 0 unspecified atom stereocenters. The molecular weight excluding hydrogens is 621 g/mol. The quantitative estimate of drug-likeness (QED) is 0.133. The van der Waals surface area contributed by atoms with Gasteiger partial charge in [0.2, 0.25) is 5.69 Å². The third-order valence-corrected chi connectivity index (χ3v) is 8.79. The second-order valence-corrected chi connectivity index (χ2v) is 12.2. The lowest BCUT2D eigenvalue weighted by Gasteiger charge is -2.26. The molecule has 2 aromatic carbocycles. The number of nitrogens with zero attached hydrogens (tertiary/aromatic N) is 5. The number of methoxy groups -OCH3 is 1. The van der Waals surface area contributed by atoms with Crippen molar-refractivity contribution in [1.82, 2.24) is 25.0 Å². The summed E-state index contributed by atoms with van der Waals surface area (Å²) < 4.78 is 34.4. The summed E-state index contributed by atoms with van der Waals surface area (Å²) in [6.45, 7) is 5.92. The van der Waals surface area contributed by atoms with Crippen molar-refractivity contribution in [3.8, 4) is 23.0 Å². The van der Waals surface area contributed by atoms with Crippen molar-refractivity contribution in [2.45, 2.75) is 45.1 Å². The fraction of sp³-hybridized carbons (Fsp3) is 0.441. The average Bonchev–Trinajstić information content (AvgIpc) is 3.54. The van der Waals surface area contributed by atoms with Crippen LogP contribution in [0.25, 0.3) is 10.9 Å². The number of amides is 1. The number of rotatable bonds is 13. The van der Waals surface area contributed by atoms with Crippen LogP contribution in [0.15, 0.2) is 48.8 Å². The number of halogens is 1. The Balaban J connectivity index is 1.12. The number of piperidine rings is 2. The van der Waals surface area contributed by atoms with Crippen LogP contribution in [0.1, 0.15) is 49.0 Å². The third kappa shape index (κ3) is 8.00. The minimum Gasteiger partial charge on any atom is -0.493 e. The zero-order chi connectivity index (χ0) is 33.5. The van der Waals surface area contributed by atoms with E-state index < -0.39 is 22.3 Å². The number of nitro groups is 1. The van der Waals surface area contributed by atoms with Gasteiger partial charge in [0.1, 0.15) is 11.9 Å². The normalized spacial score (nSPS) is 15.7. The van der Waals surface area contributed by atoms with Crippen LogP contribution in [0, 0.1) is 21.8 Å². The highest BCUT2D eigenvalue weighted by Crippen LogP contribution is 2.38. The molecule has 2 saturated heterocycles. The van der Waals surface area contributed by atoms with E-state index in [0.717, 1.165) is 58.1 Å². The van der Waals surface area contributed by atoms with Crippen LogP contribution in [0.2, 0.25) is 0 Å². The summed E-state index contributed by atoms with van der Waals surface area (Å²) in [5.74, 6) is 0.235. The molecule has 254 valence electrons. The molecule has 6 rings (SSSR count). The molecule has 4 heterocycles. The molecular formula is C34H40FN7O6. The van der Waals surface area contributed by atoms with Gasteiger partial charge in [-0.3, -0.25) is 24.6 Å². The zero-order valence-electron chi connectivity index (χ0n) is 27.0. The molecule has 2 aromatic heterocycles. The molecule has 2 N–H and O–H groups in total. The van der Waals surface area contributed by atoms with Crippen molar-refractivity contribution in [3.63, 3.8) is 0 Å². The Morgan fingerprint density at radius 1 is 1.06 bits per heavy atom. The maximum Gasteiger partial charge on any atom is 0.320 e. The molecule has 2 aliphatic rings. The Labute approximate surface area is 277 Å². The number of likely N-dealkylation sites (tertiary alicyclic amines) is 1. The predicted octanol–water partition coefficient (Wildman–Crippen LogP) is 5.79. The van der Waals surface area contributed by atoms with E-state index in [1.54, 1.807) is 31.5 Å². The van der Waals surface area contributed by atoms with Crippen LogP contribution >= 0.6 is 0 Å². The molecule has 0 spiro atoms. The molecule has 0 aliphatic carbocycles. The van der Waals surface area contributed by atoms with Crippen molar-refractivity contribution < 1.29 is 28.3 Å². The number of anilines is 1. The van der Waals surface area contributed by atoms with Gasteiger partial charge in [-0.15, -0.1) is 0 Å². The van der Waals surface area contributed by atoms with Crippen LogP contribution in [0.3, 0.4) is 0 Å². The van der Waals surface area contributed by atoms with Gasteiger partial charge in [-0.2, -0.15) is 5.10 Å². The van der Waals surface area contributed by atoms with E-state index in [1.165, 1.54) is 42.3 Å². The molecule has 2 aliphatic heterocycles. The molecule has 0 saturated carbocycles. The maximum atomic E-state index is 15.3. The van der Waals surface area contributed by atoms with Gasteiger partial charge >= 0.3 is 5.69 Å². The minimum absolute atomic E-state index is 0.0883. The average molecular weight is 662 g/mol. The van der Waals surface area contributed by atoms with Crippen molar-refractivity contribution >= 4 is 28.2 Å². The number of nitrogens with one attached hydrogen (secondary N) is 2. The summed E-state index contributed by atoms with van der Waals surface area (Å²) in [5.41, 5.74) is -0.0678. The highest BCUT2D eigenvalue weighted by Gasteiger charge is 2.26. The molecule has 0 bridgehead atoms. The standard InChI is InChI=1S/C34H40FN7O6/c1-46-31-19-25-27(20-32(31)47-22-23-8-11-36-12-9-23)37-13-10-29(25)48-30-7-6-24(18-26(30)35)38-34(43)33-28(42(44)45)21-41(39-33)17-5-16-40-14-3-2-4-15-40/h6-7,10,13,18-21,23,36H,2-5,8-9,11-12,14-17,22H2,1H3,(H,38,43). The number of aryl methyl sites for hydroxylation is 1. The monoisotopic (exact) mass is 661 g/mol. The lowest BCUT2D eigenvalue weighted by atomic mass is 9.99. The smallest absolute Gasteiger partial charge is 0.320 e. The van der Waals surface area contributed by atoms with E-state index in [0.29, 0.717) is 47.2 Å². The van der Waals surface area contributed by atoms with Crippen LogP contribution < -0.4 is 24.8 Å². The van der Waals surface area contributed by atoms with Crippen LogP contribution in [0.4, 0.5) is 15.8 Å². The number of carbonyl (C=O) groups excluding carboxylic acids is 1. The number of aromatic nitrogens is 3. The van der Waals surface area contributed by atoms with E-state index in [4.69, 9.17) is 14.2 Å². The summed E-state index contributed by atoms with van der Waals surface area (Å²) in [6.07, 6.45) is 9.26. The molecule has 14 heteroatoms. The Bertz CT molecular complexity index is 1750. The van der Waals surface area contributed by atoms with Crippen molar-refractivity contribution in [2.24, 2.45) is 5.92 Å². The topological polar surface area (TPSA) is 146 Å². The number of benzene rings is 2. The zero-order valence-corrected chi connectivity index (χ0v) is 27.0. The second kappa shape index (κ2) is 15.4. The van der Waals surface area contributed by atoms with E-state index in [9.17, 15) is 14.9 Å². The molecule has 1 amide bonds.